The van der Waals surface area contributed by atoms with Gasteiger partial charge >= 0.3 is 0 Å². The smallest absolute Gasteiger partial charge is 0.277 e. The Bertz CT molecular complexity index is 1370. The van der Waals surface area contributed by atoms with Gasteiger partial charge in [0.1, 0.15) is 11.2 Å². The van der Waals surface area contributed by atoms with Crippen LogP contribution in [0.3, 0.4) is 0 Å². The highest BCUT2D eigenvalue weighted by atomic mass is 35.5. The lowest BCUT2D eigenvalue weighted by Gasteiger charge is -2.09. The van der Waals surface area contributed by atoms with Crippen LogP contribution in [0, 0.1) is 10.1 Å². The SMILES string of the molecule is O=[N+]([O-])c1ccccc1-c1cc2oc3cc(Cl)ccc3c2c2ccccc12. The fourth-order valence-electron chi connectivity index (χ4n) is 3.70. The first-order valence-electron chi connectivity index (χ1n) is 8.41. The molecule has 0 spiro atoms. The maximum absolute atomic E-state index is 11.5. The summed E-state index contributed by atoms with van der Waals surface area (Å²) in [5.41, 5.74) is 2.79. The van der Waals surface area contributed by atoms with Crippen LogP contribution in [-0.4, -0.2) is 4.92 Å². The van der Waals surface area contributed by atoms with Crippen LogP contribution in [0.4, 0.5) is 5.69 Å². The summed E-state index contributed by atoms with van der Waals surface area (Å²) in [7, 11) is 0. The Hall–Kier alpha value is -3.37. The standard InChI is InChI=1S/C22H12ClNO3/c23-13-9-10-17-20(11-13)27-21-12-18(14-5-1-2-7-16(14)22(17)21)15-6-3-4-8-19(15)24(25)26/h1-12H. The second kappa shape index (κ2) is 5.83. The van der Waals surface area contributed by atoms with E-state index in [0.717, 1.165) is 27.1 Å². The lowest BCUT2D eigenvalue weighted by molar-refractivity contribution is -0.384. The molecular formula is C22H12ClNO3. The minimum Gasteiger partial charge on any atom is -0.456 e. The molecule has 0 amide bonds. The van der Waals surface area contributed by atoms with E-state index in [1.165, 1.54) is 6.07 Å². The molecule has 130 valence electrons. The molecule has 0 aliphatic carbocycles. The molecule has 1 heterocycles. The number of nitro groups is 1. The Balaban J connectivity index is 1.97. The minimum atomic E-state index is -0.354. The summed E-state index contributed by atoms with van der Waals surface area (Å²) in [5, 5.41) is 16.0. The molecule has 0 atom stereocenters. The predicted octanol–water partition coefficient (Wildman–Crippen LogP) is 6.97. The van der Waals surface area contributed by atoms with Crippen molar-refractivity contribution in [3.63, 3.8) is 0 Å². The molecular weight excluding hydrogens is 362 g/mol. The zero-order chi connectivity index (χ0) is 18.5. The normalized spacial score (nSPS) is 11.4. The Kier molecular flexibility index (Phi) is 3.42. The van der Waals surface area contributed by atoms with Gasteiger partial charge < -0.3 is 4.42 Å². The van der Waals surface area contributed by atoms with Gasteiger partial charge in [-0.3, -0.25) is 10.1 Å². The van der Waals surface area contributed by atoms with Crippen molar-refractivity contribution in [1.82, 2.24) is 0 Å². The van der Waals surface area contributed by atoms with Gasteiger partial charge in [-0.15, -0.1) is 0 Å². The van der Waals surface area contributed by atoms with E-state index in [4.69, 9.17) is 16.0 Å². The summed E-state index contributed by atoms with van der Waals surface area (Å²) in [6, 6.07) is 22.1. The average molecular weight is 374 g/mol. The Morgan fingerprint density at radius 1 is 0.778 bits per heavy atom. The molecule has 0 saturated heterocycles. The van der Waals surface area contributed by atoms with E-state index in [9.17, 15) is 10.1 Å². The Labute approximate surface area is 158 Å². The zero-order valence-electron chi connectivity index (χ0n) is 14.0. The summed E-state index contributed by atoms with van der Waals surface area (Å²) >= 11 is 6.11. The highest BCUT2D eigenvalue weighted by molar-refractivity contribution is 6.32. The summed E-state index contributed by atoms with van der Waals surface area (Å²) < 4.78 is 6.05. The van der Waals surface area contributed by atoms with Gasteiger partial charge in [0.2, 0.25) is 0 Å². The van der Waals surface area contributed by atoms with Crippen molar-refractivity contribution in [2.45, 2.75) is 0 Å². The average Bonchev–Trinajstić information content (AvgIpc) is 3.04. The van der Waals surface area contributed by atoms with Crippen molar-refractivity contribution >= 4 is 50.0 Å². The maximum atomic E-state index is 11.5. The van der Waals surface area contributed by atoms with Gasteiger partial charge in [-0.25, -0.2) is 0 Å². The molecule has 4 nitrogen and oxygen atoms in total. The third-order valence-corrected chi connectivity index (χ3v) is 5.07. The number of benzene rings is 4. The Morgan fingerprint density at radius 3 is 2.33 bits per heavy atom. The maximum Gasteiger partial charge on any atom is 0.277 e. The number of fused-ring (bicyclic) bond motifs is 5. The first-order valence-corrected chi connectivity index (χ1v) is 8.78. The van der Waals surface area contributed by atoms with E-state index < -0.39 is 0 Å². The van der Waals surface area contributed by atoms with Crippen molar-refractivity contribution in [3.05, 3.63) is 87.9 Å². The van der Waals surface area contributed by atoms with Crippen LogP contribution in [0.2, 0.25) is 5.02 Å². The molecule has 0 bridgehead atoms. The van der Waals surface area contributed by atoms with Crippen molar-refractivity contribution < 1.29 is 9.34 Å². The predicted molar refractivity (Wildman–Crippen MR) is 108 cm³/mol. The van der Waals surface area contributed by atoms with E-state index in [1.54, 1.807) is 24.3 Å². The molecule has 0 aliphatic rings. The number of hydrogen-bond acceptors (Lipinski definition) is 3. The minimum absolute atomic E-state index is 0.0705. The zero-order valence-corrected chi connectivity index (χ0v) is 14.7. The largest absolute Gasteiger partial charge is 0.456 e. The number of hydrogen-bond donors (Lipinski definition) is 0. The molecule has 5 heteroatoms. The highest BCUT2D eigenvalue weighted by Crippen LogP contribution is 2.42. The molecule has 0 unspecified atom stereocenters. The fourth-order valence-corrected chi connectivity index (χ4v) is 3.86. The molecule has 4 aromatic carbocycles. The number of halogens is 1. The lowest BCUT2D eigenvalue weighted by atomic mass is 9.94. The van der Waals surface area contributed by atoms with Crippen molar-refractivity contribution in [2.75, 3.05) is 0 Å². The van der Waals surface area contributed by atoms with E-state index in [1.807, 2.05) is 42.5 Å². The van der Waals surface area contributed by atoms with Crippen LogP contribution in [0.15, 0.2) is 77.2 Å². The van der Waals surface area contributed by atoms with Gasteiger partial charge in [0, 0.05) is 33.5 Å². The van der Waals surface area contributed by atoms with E-state index in [2.05, 4.69) is 0 Å². The molecule has 5 rings (SSSR count). The monoisotopic (exact) mass is 373 g/mol. The topological polar surface area (TPSA) is 56.3 Å². The van der Waals surface area contributed by atoms with Gasteiger partial charge in [0.25, 0.3) is 5.69 Å². The van der Waals surface area contributed by atoms with Gasteiger partial charge in [0.15, 0.2) is 0 Å². The molecule has 0 fully saturated rings. The molecule has 27 heavy (non-hydrogen) atoms. The van der Waals surface area contributed by atoms with Crippen molar-refractivity contribution in [2.24, 2.45) is 0 Å². The summed E-state index contributed by atoms with van der Waals surface area (Å²) in [6.45, 7) is 0. The van der Waals surface area contributed by atoms with Crippen LogP contribution < -0.4 is 0 Å². The van der Waals surface area contributed by atoms with Gasteiger partial charge in [-0.2, -0.15) is 0 Å². The van der Waals surface area contributed by atoms with E-state index in [0.29, 0.717) is 21.8 Å². The van der Waals surface area contributed by atoms with Gasteiger partial charge in [0.05, 0.1) is 10.5 Å². The summed E-state index contributed by atoms with van der Waals surface area (Å²) in [6.07, 6.45) is 0. The van der Waals surface area contributed by atoms with Gasteiger partial charge in [-0.1, -0.05) is 48.0 Å². The summed E-state index contributed by atoms with van der Waals surface area (Å²) in [4.78, 5) is 11.2. The number of nitro benzene ring substituents is 1. The first kappa shape index (κ1) is 15.9. The van der Waals surface area contributed by atoms with Crippen molar-refractivity contribution in [1.29, 1.82) is 0 Å². The first-order chi connectivity index (χ1) is 13.1. The third kappa shape index (κ3) is 2.38. The van der Waals surface area contributed by atoms with Crippen LogP contribution >= 0.6 is 11.6 Å². The second-order valence-electron chi connectivity index (χ2n) is 6.36. The van der Waals surface area contributed by atoms with Crippen LogP contribution in [-0.2, 0) is 0 Å². The van der Waals surface area contributed by atoms with E-state index in [-0.39, 0.29) is 10.6 Å². The molecule has 0 radical (unpaired) electrons. The number of nitrogens with zero attached hydrogens (tertiary/aromatic N) is 1. The molecule has 0 saturated carbocycles. The van der Waals surface area contributed by atoms with Crippen LogP contribution in [0.25, 0.3) is 43.8 Å². The third-order valence-electron chi connectivity index (χ3n) is 4.83. The number of para-hydroxylation sites is 1. The number of furan rings is 1. The van der Waals surface area contributed by atoms with Crippen LogP contribution in [0.1, 0.15) is 0 Å². The molecule has 5 aromatic rings. The highest BCUT2D eigenvalue weighted by Gasteiger charge is 2.20. The van der Waals surface area contributed by atoms with Gasteiger partial charge in [-0.05, 0) is 35.0 Å². The second-order valence-corrected chi connectivity index (χ2v) is 6.80. The number of rotatable bonds is 2. The molecule has 0 N–H and O–H groups in total. The van der Waals surface area contributed by atoms with Crippen molar-refractivity contribution in [3.8, 4) is 11.1 Å². The Morgan fingerprint density at radius 2 is 1.52 bits per heavy atom. The van der Waals surface area contributed by atoms with Crippen LogP contribution in [0.5, 0.6) is 0 Å². The lowest BCUT2D eigenvalue weighted by Crippen LogP contribution is -1.92. The molecule has 0 aliphatic heterocycles. The van der Waals surface area contributed by atoms with E-state index >= 15 is 0 Å². The summed E-state index contributed by atoms with van der Waals surface area (Å²) in [5.74, 6) is 0. The molecule has 1 aromatic heterocycles. The quantitative estimate of drug-likeness (QED) is 0.248. The fraction of sp³-hybridized carbons (Fsp3) is 0.